The number of hydrogen-bond acceptors (Lipinski definition) is 1. The first-order chi connectivity index (χ1) is 14.7. The van der Waals surface area contributed by atoms with Crippen LogP contribution in [0.1, 0.15) is 16.7 Å². The molecule has 1 nitrogen and oxygen atoms in total. The number of aromatic hydroxyl groups is 1. The Morgan fingerprint density at radius 3 is 2.00 bits per heavy atom. The van der Waals surface area contributed by atoms with Crippen molar-refractivity contribution in [1.29, 1.82) is 0 Å². The Labute approximate surface area is 173 Å². The SMILES string of the molecule is Oc1ccc2cc(C#Cc3ccc4c(F)c(C#CC(F)(F)F)c(F)cc4c3)ccc2c1. The zero-order valence-electron chi connectivity index (χ0n) is 15.6. The fourth-order valence-corrected chi connectivity index (χ4v) is 3.11. The standard InChI is InChI=1S/C25H11F5O/c26-23-14-19-12-16(4-8-21(19)24(27)22(23)9-10-25(28,29)30)2-1-15-3-5-18-13-20(31)7-6-17(18)11-15/h3-8,11-14,31H. The molecule has 0 saturated heterocycles. The van der Waals surface area contributed by atoms with Crippen LogP contribution < -0.4 is 0 Å². The van der Waals surface area contributed by atoms with Crippen LogP contribution in [0, 0.1) is 35.3 Å². The molecule has 0 saturated carbocycles. The van der Waals surface area contributed by atoms with Crippen molar-refractivity contribution in [2.45, 2.75) is 6.18 Å². The molecular formula is C25H11F5O. The molecule has 0 aliphatic carbocycles. The zero-order valence-corrected chi connectivity index (χ0v) is 15.6. The van der Waals surface area contributed by atoms with Crippen LogP contribution in [0.5, 0.6) is 5.75 Å². The van der Waals surface area contributed by atoms with Crippen molar-refractivity contribution < 1.29 is 27.1 Å². The molecule has 4 rings (SSSR count). The molecule has 0 fully saturated rings. The van der Waals surface area contributed by atoms with Gasteiger partial charge >= 0.3 is 6.18 Å². The topological polar surface area (TPSA) is 20.2 Å². The third-order valence-corrected chi connectivity index (χ3v) is 4.53. The van der Waals surface area contributed by atoms with E-state index in [1.165, 1.54) is 24.1 Å². The molecule has 0 aliphatic heterocycles. The Hall–Kier alpha value is -4.03. The highest BCUT2D eigenvalue weighted by atomic mass is 19.4. The van der Waals surface area contributed by atoms with Gasteiger partial charge in [-0.1, -0.05) is 36.0 Å². The normalized spacial score (nSPS) is 11.0. The third-order valence-electron chi connectivity index (χ3n) is 4.53. The highest BCUT2D eigenvalue weighted by molar-refractivity contribution is 5.87. The Kier molecular flexibility index (Phi) is 5.01. The molecule has 0 unspecified atom stereocenters. The lowest BCUT2D eigenvalue weighted by atomic mass is 10.0. The van der Waals surface area contributed by atoms with E-state index >= 15 is 0 Å². The van der Waals surface area contributed by atoms with Crippen molar-refractivity contribution in [3.05, 3.63) is 89.0 Å². The van der Waals surface area contributed by atoms with Crippen molar-refractivity contribution in [2.24, 2.45) is 0 Å². The Balaban J connectivity index is 1.71. The minimum Gasteiger partial charge on any atom is -0.508 e. The Morgan fingerprint density at radius 2 is 1.29 bits per heavy atom. The number of phenolic OH excluding ortho intramolecular Hbond substituents is 1. The molecule has 1 N–H and O–H groups in total. The summed E-state index contributed by atoms with van der Waals surface area (Å²) in [7, 11) is 0. The van der Waals surface area contributed by atoms with Crippen LogP contribution >= 0.6 is 0 Å². The largest absolute Gasteiger partial charge is 0.508 e. The lowest BCUT2D eigenvalue weighted by molar-refractivity contribution is -0.0696. The zero-order chi connectivity index (χ0) is 22.2. The predicted octanol–water partition coefficient (Wildman–Crippen LogP) is 6.29. The van der Waals surface area contributed by atoms with Crippen LogP contribution in [-0.2, 0) is 0 Å². The minimum atomic E-state index is -4.85. The lowest BCUT2D eigenvalue weighted by Crippen LogP contribution is -2.02. The van der Waals surface area contributed by atoms with Crippen LogP contribution in [0.25, 0.3) is 21.5 Å². The summed E-state index contributed by atoms with van der Waals surface area (Å²) in [5, 5.41) is 11.4. The number of rotatable bonds is 0. The van der Waals surface area contributed by atoms with E-state index in [2.05, 4.69) is 11.8 Å². The van der Waals surface area contributed by atoms with Crippen molar-refractivity contribution in [1.82, 2.24) is 0 Å². The molecule has 0 radical (unpaired) electrons. The summed E-state index contributed by atoms with van der Waals surface area (Å²) in [4.78, 5) is 0. The van der Waals surface area contributed by atoms with E-state index in [-0.39, 0.29) is 16.5 Å². The summed E-state index contributed by atoms with van der Waals surface area (Å²) in [6, 6.07) is 15.6. The monoisotopic (exact) mass is 422 g/mol. The van der Waals surface area contributed by atoms with Gasteiger partial charge in [-0.05, 0) is 58.6 Å². The molecule has 0 aliphatic rings. The molecule has 0 amide bonds. The van der Waals surface area contributed by atoms with Crippen molar-refractivity contribution in [2.75, 3.05) is 0 Å². The lowest BCUT2D eigenvalue weighted by Gasteiger charge is -2.05. The number of fused-ring (bicyclic) bond motifs is 2. The second kappa shape index (κ2) is 7.66. The maximum Gasteiger partial charge on any atom is 0.458 e. The van der Waals surface area contributed by atoms with Crippen LogP contribution in [0.3, 0.4) is 0 Å². The van der Waals surface area contributed by atoms with Crippen LogP contribution in [0.4, 0.5) is 22.0 Å². The summed E-state index contributed by atoms with van der Waals surface area (Å²) < 4.78 is 65.4. The van der Waals surface area contributed by atoms with E-state index in [4.69, 9.17) is 0 Å². The van der Waals surface area contributed by atoms with Gasteiger partial charge in [-0.3, -0.25) is 0 Å². The van der Waals surface area contributed by atoms with E-state index in [1.807, 2.05) is 12.1 Å². The van der Waals surface area contributed by atoms with Gasteiger partial charge in [0.25, 0.3) is 0 Å². The molecule has 0 aromatic heterocycles. The second-order valence-electron chi connectivity index (χ2n) is 6.73. The molecular weight excluding hydrogens is 411 g/mol. The van der Waals surface area contributed by atoms with Gasteiger partial charge in [0.2, 0.25) is 0 Å². The fraction of sp³-hybridized carbons (Fsp3) is 0.0400. The van der Waals surface area contributed by atoms with Crippen molar-refractivity contribution >= 4 is 21.5 Å². The van der Waals surface area contributed by atoms with Crippen molar-refractivity contribution in [3.63, 3.8) is 0 Å². The summed E-state index contributed by atoms with van der Waals surface area (Å²) >= 11 is 0. The molecule has 4 aromatic carbocycles. The van der Waals surface area contributed by atoms with Gasteiger partial charge in [0.05, 0.1) is 5.56 Å². The Morgan fingerprint density at radius 1 is 0.677 bits per heavy atom. The third kappa shape index (κ3) is 4.44. The van der Waals surface area contributed by atoms with Crippen LogP contribution in [0.15, 0.2) is 60.7 Å². The average Bonchev–Trinajstić information content (AvgIpc) is 2.71. The first-order valence-corrected chi connectivity index (χ1v) is 8.96. The van der Waals surface area contributed by atoms with Gasteiger partial charge < -0.3 is 5.11 Å². The van der Waals surface area contributed by atoms with Gasteiger partial charge in [-0.25, -0.2) is 8.78 Å². The molecule has 0 bridgehead atoms. The number of benzene rings is 4. The quantitative estimate of drug-likeness (QED) is 0.261. The van der Waals surface area contributed by atoms with Crippen molar-refractivity contribution in [3.8, 4) is 29.4 Å². The second-order valence-corrected chi connectivity index (χ2v) is 6.73. The number of alkyl halides is 3. The smallest absolute Gasteiger partial charge is 0.458 e. The molecule has 0 heterocycles. The average molecular weight is 422 g/mol. The first-order valence-electron chi connectivity index (χ1n) is 8.96. The number of hydrogen-bond donors (Lipinski definition) is 1. The molecule has 0 spiro atoms. The maximum absolute atomic E-state index is 14.5. The first kappa shape index (κ1) is 20.3. The summed E-state index contributed by atoms with van der Waals surface area (Å²) in [5.74, 6) is 6.11. The number of phenols is 1. The van der Waals surface area contributed by atoms with E-state index < -0.39 is 23.4 Å². The summed E-state index contributed by atoms with van der Waals surface area (Å²) in [6.45, 7) is 0. The van der Waals surface area contributed by atoms with Gasteiger partial charge in [0.1, 0.15) is 17.4 Å². The fourth-order valence-electron chi connectivity index (χ4n) is 3.11. The number of halogens is 5. The van der Waals surface area contributed by atoms with Gasteiger partial charge in [0.15, 0.2) is 0 Å². The van der Waals surface area contributed by atoms with E-state index in [0.29, 0.717) is 11.1 Å². The van der Waals surface area contributed by atoms with Gasteiger partial charge in [0, 0.05) is 22.4 Å². The molecule has 6 heteroatoms. The molecule has 4 aromatic rings. The Bertz CT molecular complexity index is 1460. The van der Waals surface area contributed by atoms with Crippen LogP contribution in [-0.4, -0.2) is 11.3 Å². The van der Waals surface area contributed by atoms with E-state index in [9.17, 15) is 27.1 Å². The molecule has 31 heavy (non-hydrogen) atoms. The summed E-state index contributed by atoms with van der Waals surface area (Å²) in [6.07, 6.45) is -4.85. The highest BCUT2D eigenvalue weighted by Gasteiger charge is 2.23. The highest BCUT2D eigenvalue weighted by Crippen LogP contribution is 2.25. The van der Waals surface area contributed by atoms with Gasteiger partial charge in [-0.15, -0.1) is 0 Å². The van der Waals surface area contributed by atoms with E-state index in [0.717, 1.165) is 22.8 Å². The maximum atomic E-state index is 14.5. The molecule has 152 valence electrons. The predicted molar refractivity (Wildman–Crippen MR) is 108 cm³/mol. The summed E-state index contributed by atoms with van der Waals surface area (Å²) in [5.41, 5.74) is 0.255. The van der Waals surface area contributed by atoms with E-state index in [1.54, 1.807) is 24.3 Å². The van der Waals surface area contributed by atoms with Gasteiger partial charge in [-0.2, -0.15) is 13.2 Å². The van der Waals surface area contributed by atoms with Crippen LogP contribution in [0.2, 0.25) is 0 Å². The minimum absolute atomic E-state index is 0.0519. The molecule has 0 atom stereocenters.